The lowest BCUT2D eigenvalue weighted by atomic mass is 10.00. The van der Waals surface area contributed by atoms with E-state index in [1.807, 2.05) is 6.92 Å². The molecule has 0 aliphatic carbocycles. The molecule has 1 fully saturated rings. The second-order valence-corrected chi connectivity index (χ2v) is 5.31. The zero-order chi connectivity index (χ0) is 15.6. The fourth-order valence-electron chi connectivity index (χ4n) is 2.59. The molecule has 1 heterocycles. The van der Waals surface area contributed by atoms with Crippen LogP contribution in [0.15, 0.2) is 18.2 Å². The van der Waals surface area contributed by atoms with Gasteiger partial charge in [-0.2, -0.15) is 0 Å². The van der Waals surface area contributed by atoms with Crippen LogP contribution in [0.25, 0.3) is 0 Å². The average molecular weight is 292 g/mol. The van der Waals surface area contributed by atoms with Gasteiger partial charge in [0.15, 0.2) is 0 Å². The summed E-state index contributed by atoms with van der Waals surface area (Å²) in [5, 5.41) is 8.96. The molecule has 6 nitrogen and oxygen atoms in total. The minimum absolute atomic E-state index is 0.100. The van der Waals surface area contributed by atoms with Gasteiger partial charge in [-0.05, 0) is 44.9 Å². The Labute approximate surface area is 123 Å². The molecule has 21 heavy (non-hydrogen) atoms. The van der Waals surface area contributed by atoms with Gasteiger partial charge in [0, 0.05) is 13.2 Å². The number of hydrogen-bond donors (Lipinski definition) is 2. The van der Waals surface area contributed by atoms with Crippen molar-refractivity contribution in [1.82, 2.24) is 0 Å². The topological polar surface area (TPSA) is 92.9 Å². The molecule has 1 aliphatic heterocycles. The number of aromatic carboxylic acids is 1. The third-order valence-electron chi connectivity index (χ3n) is 3.80. The van der Waals surface area contributed by atoms with Crippen molar-refractivity contribution in [3.8, 4) is 0 Å². The van der Waals surface area contributed by atoms with Crippen LogP contribution in [0.5, 0.6) is 0 Å². The number of nitrogens with zero attached hydrogens (tertiary/aromatic N) is 1. The summed E-state index contributed by atoms with van der Waals surface area (Å²) >= 11 is 0. The van der Waals surface area contributed by atoms with Crippen LogP contribution < -0.4 is 10.6 Å². The van der Waals surface area contributed by atoms with E-state index in [2.05, 4.69) is 0 Å². The third kappa shape index (κ3) is 2.85. The van der Waals surface area contributed by atoms with E-state index in [0.717, 1.165) is 6.42 Å². The lowest BCUT2D eigenvalue weighted by Gasteiger charge is -2.31. The molecule has 1 aromatic rings. The van der Waals surface area contributed by atoms with Gasteiger partial charge in [0.2, 0.25) is 0 Å². The summed E-state index contributed by atoms with van der Waals surface area (Å²) in [4.78, 5) is 25.2. The summed E-state index contributed by atoms with van der Waals surface area (Å²) in [5.41, 5.74) is 5.98. The lowest BCUT2D eigenvalue weighted by Crippen LogP contribution is -2.47. The van der Waals surface area contributed by atoms with Crippen molar-refractivity contribution in [1.29, 1.82) is 0 Å². The van der Waals surface area contributed by atoms with Crippen molar-refractivity contribution in [2.45, 2.75) is 32.3 Å². The Kier molecular flexibility index (Phi) is 4.18. The van der Waals surface area contributed by atoms with E-state index >= 15 is 0 Å². The quantitative estimate of drug-likeness (QED) is 0.827. The summed E-state index contributed by atoms with van der Waals surface area (Å²) in [6.07, 6.45) is 1.53. The Morgan fingerprint density at radius 3 is 2.67 bits per heavy atom. The molecule has 0 spiro atoms. The second kappa shape index (κ2) is 5.73. The summed E-state index contributed by atoms with van der Waals surface area (Å²) in [5.74, 6) is -1.19. The van der Waals surface area contributed by atoms with Crippen molar-refractivity contribution in [3.05, 3.63) is 23.8 Å². The highest BCUT2D eigenvalue weighted by Crippen LogP contribution is 2.32. The minimum atomic E-state index is -1.05. The number of hydrogen-bond acceptors (Lipinski definition) is 4. The first-order valence-electron chi connectivity index (χ1n) is 6.98. The largest absolute Gasteiger partial charge is 0.478 e. The number of nitrogens with two attached hydrogens (primary N) is 1. The predicted molar refractivity (Wildman–Crippen MR) is 79.4 cm³/mol. The van der Waals surface area contributed by atoms with Gasteiger partial charge in [-0.15, -0.1) is 0 Å². The average Bonchev–Trinajstić information content (AvgIpc) is 2.89. The standard InChI is InChI=1S/C15H20N2O4/c1-3-17(14(20)15(2)7-4-8-21-15)12-6-5-10(13(18)19)9-11(12)16/h5-6,9H,3-4,7-8,16H2,1-2H3,(H,18,19). The van der Waals surface area contributed by atoms with Crippen molar-refractivity contribution < 1.29 is 19.4 Å². The molecular weight excluding hydrogens is 272 g/mol. The molecule has 114 valence electrons. The number of carboxylic acids is 1. The van der Waals surface area contributed by atoms with Crippen LogP contribution in [-0.2, 0) is 9.53 Å². The summed E-state index contributed by atoms with van der Waals surface area (Å²) in [6.45, 7) is 4.65. The van der Waals surface area contributed by atoms with Crippen LogP contribution >= 0.6 is 0 Å². The van der Waals surface area contributed by atoms with Gasteiger partial charge in [0.25, 0.3) is 5.91 Å². The fraction of sp³-hybridized carbons (Fsp3) is 0.467. The lowest BCUT2D eigenvalue weighted by molar-refractivity contribution is -0.136. The SMILES string of the molecule is CCN(C(=O)C1(C)CCCO1)c1ccc(C(=O)O)cc1N. The molecule has 0 radical (unpaired) electrons. The van der Waals surface area contributed by atoms with Gasteiger partial charge in [-0.1, -0.05) is 0 Å². The summed E-state index contributed by atoms with van der Waals surface area (Å²) in [7, 11) is 0. The number of rotatable bonds is 4. The van der Waals surface area contributed by atoms with Gasteiger partial charge < -0.3 is 20.5 Å². The first-order valence-corrected chi connectivity index (χ1v) is 6.98. The van der Waals surface area contributed by atoms with Gasteiger partial charge in [0.05, 0.1) is 16.9 Å². The van der Waals surface area contributed by atoms with Crippen molar-refractivity contribution in [2.24, 2.45) is 0 Å². The fourth-order valence-corrected chi connectivity index (χ4v) is 2.59. The summed E-state index contributed by atoms with van der Waals surface area (Å²) < 4.78 is 5.58. The molecule has 0 aromatic heterocycles. The van der Waals surface area contributed by atoms with E-state index in [1.54, 1.807) is 17.9 Å². The molecule has 1 amide bonds. The molecular formula is C15H20N2O4. The smallest absolute Gasteiger partial charge is 0.335 e. The number of carbonyl (C=O) groups excluding carboxylic acids is 1. The summed E-state index contributed by atoms with van der Waals surface area (Å²) in [6, 6.07) is 4.38. The minimum Gasteiger partial charge on any atom is -0.478 e. The van der Waals surface area contributed by atoms with Crippen LogP contribution in [0.4, 0.5) is 11.4 Å². The number of carboxylic acid groups (broad SMARTS) is 1. The van der Waals surface area contributed by atoms with E-state index in [9.17, 15) is 9.59 Å². The van der Waals surface area contributed by atoms with E-state index < -0.39 is 11.6 Å². The van der Waals surface area contributed by atoms with E-state index in [-0.39, 0.29) is 17.2 Å². The first kappa shape index (κ1) is 15.3. The Hall–Kier alpha value is -2.08. The van der Waals surface area contributed by atoms with E-state index in [4.69, 9.17) is 15.6 Å². The number of carbonyl (C=O) groups is 2. The Morgan fingerprint density at radius 1 is 1.48 bits per heavy atom. The molecule has 1 atom stereocenters. The van der Waals surface area contributed by atoms with E-state index in [1.165, 1.54) is 12.1 Å². The number of anilines is 2. The van der Waals surface area contributed by atoms with Crippen molar-refractivity contribution >= 4 is 23.3 Å². The first-order chi connectivity index (χ1) is 9.89. The number of benzene rings is 1. The van der Waals surface area contributed by atoms with Crippen LogP contribution in [0.2, 0.25) is 0 Å². The maximum absolute atomic E-state index is 12.7. The number of likely N-dealkylation sites (N-methyl/N-ethyl adjacent to an activating group) is 1. The maximum Gasteiger partial charge on any atom is 0.335 e. The van der Waals surface area contributed by atoms with Gasteiger partial charge in [-0.3, -0.25) is 4.79 Å². The van der Waals surface area contributed by atoms with Crippen molar-refractivity contribution in [3.63, 3.8) is 0 Å². The van der Waals surface area contributed by atoms with Crippen LogP contribution in [0, 0.1) is 0 Å². The van der Waals surface area contributed by atoms with E-state index in [0.29, 0.717) is 25.3 Å². The molecule has 1 unspecified atom stereocenters. The number of amides is 1. The molecule has 3 N–H and O–H groups in total. The van der Waals surface area contributed by atoms with Crippen LogP contribution in [-0.4, -0.2) is 35.7 Å². The van der Waals surface area contributed by atoms with Crippen LogP contribution in [0.1, 0.15) is 37.0 Å². The maximum atomic E-state index is 12.7. The normalized spacial score (nSPS) is 21.2. The predicted octanol–water partition coefficient (Wildman–Crippen LogP) is 1.89. The zero-order valence-electron chi connectivity index (χ0n) is 12.3. The highest BCUT2D eigenvalue weighted by molar-refractivity contribution is 6.02. The molecule has 0 saturated carbocycles. The monoisotopic (exact) mass is 292 g/mol. The zero-order valence-corrected chi connectivity index (χ0v) is 12.3. The molecule has 0 bridgehead atoms. The highest BCUT2D eigenvalue weighted by Gasteiger charge is 2.41. The van der Waals surface area contributed by atoms with Gasteiger partial charge >= 0.3 is 5.97 Å². The second-order valence-electron chi connectivity index (χ2n) is 5.31. The number of nitrogen functional groups attached to an aromatic ring is 1. The number of ether oxygens (including phenoxy) is 1. The molecule has 2 rings (SSSR count). The van der Waals surface area contributed by atoms with Crippen molar-refractivity contribution in [2.75, 3.05) is 23.8 Å². The molecule has 1 saturated heterocycles. The molecule has 1 aliphatic rings. The Balaban J connectivity index is 2.33. The Morgan fingerprint density at radius 2 is 2.19 bits per heavy atom. The molecule has 1 aromatic carbocycles. The van der Waals surface area contributed by atoms with Crippen LogP contribution in [0.3, 0.4) is 0 Å². The third-order valence-corrected chi connectivity index (χ3v) is 3.80. The highest BCUT2D eigenvalue weighted by atomic mass is 16.5. The Bertz CT molecular complexity index is 565. The van der Waals surface area contributed by atoms with Gasteiger partial charge in [-0.25, -0.2) is 4.79 Å². The van der Waals surface area contributed by atoms with Gasteiger partial charge in [0.1, 0.15) is 5.60 Å². The molecule has 6 heteroatoms.